The quantitative estimate of drug-likeness (QED) is 0.630. The third kappa shape index (κ3) is 5.45. The molecule has 2 aromatic carbocycles. The van der Waals surface area contributed by atoms with Crippen LogP contribution in [0.15, 0.2) is 30.3 Å². The summed E-state index contributed by atoms with van der Waals surface area (Å²) in [7, 11) is 4.54. The second-order valence-corrected chi connectivity index (χ2v) is 6.94. The van der Waals surface area contributed by atoms with Gasteiger partial charge in [0.2, 0.25) is 0 Å². The Hall–Kier alpha value is -2.60. The summed E-state index contributed by atoms with van der Waals surface area (Å²) < 4.78 is 21.6. The van der Waals surface area contributed by atoms with E-state index in [1.54, 1.807) is 37.4 Å². The predicted molar refractivity (Wildman–Crippen MR) is 110 cm³/mol. The van der Waals surface area contributed by atoms with Crippen LogP contribution in [-0.2, 0) is 0 Å². The molecule has 0 saturated heterocycles. The summed E-state index contributed by atoms with van der Waals surface area (Å²) in [5.74, 6) is 2.18. The lowest BCUT2D eigenvalue weighted by Gasteiger charge is -2.15. The largest absolute Gasteiger partial charge is 0.495 e. The molecule has 0 aliphatic heterocycles. The summed E-state index contributed by atoms with van der Waals surface area (Å²) in [5.41, 5.74) is 0.869. The molecule has 6 nitrogen and oxygen atoms in total. The molecule has 7 heteroatoms. The van der Waals surface area contributed by atoms with Gasteiger partial charge in [-0.05, 0) is 30.5 Å². The summed E-state index contributed by atoms with van der Waals surface area (Å²) in [5, 5.41) is 3.20. The Bertz CT molecular complexity index is 823. The Morgan fingerprint density at radius 2 is 1.64 bits per heavy atom. The summed E-state index contributed by atoms with van der Waals surface area (Å²) in [4.78, 5) is 12.7. The molecule has 2 aromatic rings. The number of carbonyl (C=O) groups is 1. The SMILES string of the molecule is COc1cc(NC(=O)c2ccc(OCCC(C)C)c(OC)c2)c(OC)cc1Cl. The summed E-state index contributed by atoms with van der Waals surface area (Å²) >= 11 is 6.10. The first-order valence-electron chi connectivity index (χ1n) is 8.93. The molecule has 0 heterocycles. The number of methoxy groups -OCH3 is 3. The topological polar surface area (TPSA) is 66.0 Å². The monoisotopic (exact) mass is 407 g/mol. The van der Waals surface area contributed by atoms with Gasteiger partial charge in [-0.3, -0.25) is 4.79 Å². The van der Waals surface area contributed by atoms with Crippen molar-refractivity contribution < 1.29 is 23.7 Å². The first-order chi connectivity index (χ1) is 13.4. The van der Waals surface area contributed by atoms with Crippen LogP contribution in [0.1, 0.15) is 30.6 Å². The average Bonchev–Trinajstić information content (AvgIpc) is 2.68. The zero-order valence-corrected chi connectivity index (χ0v) is 17.6. The van der Waals surface area contributed by atoms with Gasteiger partial charge in [0.15, 0.2) is 11.5 Å². The van der Waals surface area contributed by atoms with Gasteiger partial charge in [0.05, 0.1) is 38.6 Å². The molecule has 0 aliphatic carbocycles. The van der Waals surface area contributed by atoms with Crippen LogP contribution < -0.4 is 24.3 Å². The van der Waals surface area contributed by atoms with Crippen molar-refractivity contribution in [1.29, 1.82) is 0 Å². The lowest BCUT2D eigenvalue weighted by Crippen LogP contribution is -2.13. The van der Waals surface area contributed by atoms with Gasteiger partial charge in [-0.15, -0.1) is 0 Å². The zero-order valence-electron chi connectivity index (χ0n) is 16.8. The number of halogens is 1. The molecule has 2 rings (SSSR count). The Morgan fingerprint density at radius 1 is 0.964 bits per heavy atom. The molecule has 0 aliphatic rings. The van der Waals surface area contributed by atoms with Gasteiger partial charge in [0.1, 0.15) is 11.5 Å². The van der Waals surface area contributed by atoms with Gasteiger partial charge < -0.3 is 24.3 Å². The van der Waals surface area contributed by atoms with E-state index in [1.807, 2.05) is 0 Å². The second-order valence-electron chi connectivity index (χ2n) is 6.54. The van der Waals surface area contributed by atoms with Crippen LogP contribution in [0.25, 0.3) is 0 Å². The molecule has 0 aromatic heterocycles. The van der Waals surface area contributed by atoms with E-state index in [-0.39, 0.29) is 5.91 Å². The van der Waals surface area contributed by atoms with E-state index in [0.29, 0.717) is 51.8 Å². The molecule has 0 atom stereocenters. The van der Waals surface area contributed by atoms with Crippen LogP contribution >= 0.6 is 11.6 Å². The fraction of sp³-hybridized carbons (Fsp3) is 0.381. The van der Waals surface area contributed by atoms with Crippen LogP contribution in [0.5, 0.6) is 23.0 Å². The van der Waals surface area contributed by atoms with E-state index in [2.05, 4.69) is 19.2 Å². The van der Waals surface area contributed by atoms with Crippen molar-refractivity contribution in [3.05, 3.63) is 40.9 Å². The highest BCUT2D eigenvalue weighted by Gasteiger charge is 2.16. The fourth-order valence-electron chi connectivity index (χ4n) is 2.49. The maximum absolute atomic E-state index is 12.7. The summed E-state index contributed by atoms with van der Waals surface area (Å²) in [6, 6.07) is 8.25. The van der Waals surface area contributed by atoms with Gasteiger partial charge >= 0.3 is 0 Å². The van der Waals surface area contributed by atoms with Crippen LogP contribution in [0, 0.1) is 5.92 Å². The van der Waals surface area contributed by atoms with Gasteiger partial charge in [-0.25, -0.2) is 0 Å². The maximum Gasteiger partial charge on any atom is 0.255 e. The molecular formula is C21H26ClNO5. The van der Waals surface area contributed by atoms with Crippen molar-refractivity contribution in [2.45, 2.75) is 20.3 Å². The number of hydrogen-bond donors (Lipinski definition) is 1. The highest BCUT2D eigenvalue weighted by Crippen LogP contribution is 2.36. The zero-order chi connectivity index (χ0) is 20.7. The number of anilines is 1. The molecule has 152 valence electrons. The van der Waals surface area contributed by atoms with Crippen LogP contribution in [0.3, 0.4) is 0 Å². The standard InChI is InChI=1S/C21H26ClNO5/c1-13(2)8-9-28-17-7-6-14(10-20(17)27-5)21(24)23-16-12-18(25-3)15(22)11-19(16)26-4/h6-7,10-13H,8-9H2,1-5H3,(H,23,24). The fourth-order valence-corrected chi connectivity index (χ4v) is 2.72. The molecule has 0 unspecified atom stereocenters. The molecule has 0 saturated carbocycles. The molecule has 0 spiro atoms. The average molecular weight is 408 g/mol. The maximum atomic E-state index is 12.7. The number of nitrogens with one attached hydrogen (secondary N) is 1. The van der Waals surface area contributed by atoms with Gasteiger partial charge in [-0.1, -0.05) is 25.4 Å². The minimum atomic E-state index is -0.324. The number of rotatable bonds is 9. The van der Waals surface area contributed by atoms with Gasteiger partial charge in [0.25, 0.3) is 5.91 Å². The number of carbonyl (C=O) groups excluding carboxylic acids is 1. The first kappa shape index (κ1) is 21.7. The highest BCUT2D eigenvalue weighted by atomic mass is 35.5. The smallest absolute Gasteiger partial charge is 0.255 e. The number of hydrogen-bond acceptors (Lipinski definition) is 5. The van der Waals surface area contributed by atoms with Crippen molar-refractivity contribution >= 4 is 23.2 Å². The Kier molecular flexibility index (Phi) is 7.81. The minimum Gasteiger partial charge on any atom is -0.495 e. The Morgan fingerprint density at radius 3 is 2.25 bits per heavy atom. The van der Waals surface area contributed by atoms with Crippen molar-refractivity contribution in [2.75, 3.05) is 33.3 Å². The molecule has 28 heavy (non-hydrogen) atoms. The first-order valence-corrected chi connectivity index (χ1v) is 9.31. The summed E-state index contributed by atoms with van der Waals surface area (Å²) in [6.07, 6.45) is 0.934. The van der Waals surface area contributed by atoms with E-state index in [4.69, 9.17) is 30.5 Å². The molecule has 0 bridgehead atoms. The normalized spacial score (nSPS) is 10.5. The molecule has 0 radical (unpaired) electrons. The molecule has 1 N–H and O–H groups in total. The van der Waals surface area contributed by atoms with E-state index in [0.717, 1.165) is 6.42 Å². The van der Waals surface area contributed by atoms with Crippen LogP contribution in [-0.4, -0.2) is 33.8 Å². The van der Waals surface area contributed by atoms with Crippen molar-refractivity contribution in [1.82, 2.24) is 0 Å². The lowest BCUT2D eigenvalue weighted by molar-refractivity contribution is 0.102. The second kappa shape index (κ2) is 10.1. The van der Waals surface area contributed by atoms with Crippen molar-refractivity contribution in [3.63, 3.8) is 0 Å². The van der Waals surface area contributed by atoms with Crippen LogP contribution in [0.2, 0.25) is 5.02 Å². The molecule has 0 fully saturated rings. The molecule has 1 amide bonds. The van der Waals surface area contributed by atoms with E-state index < -0.39 is 0 Å². The number of amides is 1. The Labute approximate surface area is 170 Å². The van der Waals surface area contributed by atoms with Crippen molar-refractivity contribution in [3.8, 4) is 23.0 Å². The van der Waals surface area contributed by atoms with Gasteiger partial charge in [-0.2, -0.15) is 0 Å². The van der Waals surface area contributed by atoms with E-state index in [1.165, 1.54) is 14.2 Å². The third-order valence-electron chi connectivity index (χ3n) is 4.10. The highest BCUT2D eigenvalue weighted by molar-refractivity contribution is 6.32. The number of ether oxygens (including phenoxy) is 4. The summed E-state index contributed by atoms with van der Waals surface area (Å²) in [6.45, 7) is 4.85. The van der Waals surface area contributed by atoms with E-state index >= 15 is 0 Å². The third-order valence-corrected chi connectivity index (χ3v) is 4.40. The van der Waals surface area contributed by atoms with Crippen LogP contribution in [0.4, 0.5) is 5.69 Å². The molecular weight excluding hydrogens is 382 g/mol. The predicted octanol–water partition coefficient (Wildman–Crippen LogP) is 5.04. The Balaban J connectivity index is 2.20. The number of benzene rings is 2. The van der Waals surface area contributed by atoms with E-state index in [9.17, 15) is 4.79 Å². The minimum absolute atomic E-state index is 0.324. The van der Waals surface area contributed by atoms with Gasteiger partial charge in [0, 0.05) is 17.7 Å². The lowest BCUT2D eigenvalue weighted by atomic mass is 10.1. The van der Waals surface area contributed by atoms with Crippen molar-refractivity contribution in [2.24, 2.45) is 5.92 Å².